The molecule has 0 nitrogen and oxygen atoms in total. The van der Waals surface area contributed by atoms with E-state index >= 15 is 0 Å². The minimum absolute atomic E-state index is 0.556. The molecule has 3 rings (SSSR count). The molecule has 1 saturated carbocycles. The van der Waals surface area contributed by atoms with Crippen LogP contribution in [0.15, 0.2) is 35.2 Å². The average Bonchev–Trinajstić information content (AvgIpc) is 2.73. The van der Waals surface area contributed by atoms with Crippen molar-refractivity contribution in [3.63, 3.8) is 0 Å². The average molecular weight is 247 g/mol. The molecule has 17 heavy (non-hydrogen) atoms. The van der Waals surface area contributed by atoms with E-state index in [9.17, 15) is 0 Å². The van der Waals surface area contributed by atoms with Gasteiger partial charge in [-0.3, -0.25) is 0 Å². The van der Waals surface area contributed by atoms with E-state index in [1.807, 2.05) is 0 Å². The van der Waals surface area contributed by atoms with Gasteiger partial charge in [0.05, 0.1) is 0 Å². The van der Waals surface area contributed by atoms with E-state index in [4.69, 9.17) is 0 Å². The fourth-order valence-electron chi connectivity index (χ4n) is 3.53. The summed E-state index contributed by atoms with van der Waals surface area (Å²) in [5, 5.41) is 1.01. The lowest BCUT2D eigenvalue weighted by Crippen LogP contribution is -2.23. The number of hydrogen-bond acceptors (Lipinski definition) is 0. The fraction of sp³-hybridized carbons (Fsp3) is 0.625. The van der Waals surface area contributed by atoms with Crippen molar-refractivity contribution >= 4 is 10.9 Å². The van der Waals surface area contributed by atoms with Crippen LogP contribution in [-0.4, -0.2) is 11.0 Å². The molecule has 0 N–H and O–H groups in total. The Morgan fingerprint density at radius 1 is 0.882 bits per heavy atom. The second-order valence-electron chi connectivity index (χ2n) is 5.60. The number of hydrogen-bond donors (Lipinski definition) is 0. The molecule has 1 aliphatic heterocycles. The van der Waals surface area contributed by atoms with E-state index in [2.05, 4.69) is 30.3 Å². The van der Waals surface area contributed by atoms with Crippen LogP contribution >= 0.6 is 0 Å². The van der Waals surface area contributed by atoms with Gasteiger partial charge in [0.15, 0.2) is 4.90 Å². The van der Waals surface area contributed by atoms with Crippen molar-refractivity contribution < 1.29 is 0 Å². The fourth-order valence-corrected chi connectivity index (χ4v) is 6.43. The SMILES string of the molecule is c1ccc([S+]2CCCC3CCCCC2C3)cc1. The van der Waals surface area contributed by atoms with Crippen LogP contribution in [0.4, 0.5) is 0 Å². The molecule has 0 radical (unpaired) electrons. The zero-order valence-corrected chi connectivity index (χ0v) is 11.4. The van der Waals surface area contributed by atoms with Crippen LogP contribution in [-0.2, 0) is 10.9 Å². The van der Waals surface area contributed by atoms with Crippen LogP contribution in [0.5, 0.6) is 0 Å². The summed E-state index contributed by atoms with van der Waals surface area (Å²) in [6, 6.07) is 11.3. The predicted octanol–water partition coefficient (Wildman–Crippen LogP) is 4.41. The highest BCUT2D eigenvalue weighted by Crippen LogP contribution is 2.37. The van der Waals surface area contributed by atoms with Gasteiger partial charge in [-0.05, 0) is 50.2 Å². The molecule has 3 atom stereocenters. The van der Waals surface area contributed by atoms with Crippen molar-refractivity contribution in [2.24, 2.45) is 5.92 Å². The lowest BCUT2D eigenvalue weighted by molar-refractivity contribution is 0.435. The van der Waals surface area contributed by atoms with E-state index in [1.165, 1.54) is 50.7 Å². The Hall–Kier alpha value is -0.430. The smallest absolute Gasteiger partial charge is 0.0619 e. The maximum atomic E-state index is 2.37. The van der Waals surface area contributed by atoms with E-state index in [1.54, 1.807) is 4.90 Å². The molecule has 1 aromatic rings. The highest BCUT2D eigenvalue weighted by atomic mass is 32.2. The first-order valence-electron chi connectivity index (χ1n) is 7.18. The first kappa shape index (κ1) is 11.6. The van der Waals surface area contributed by atoms with Crippen molar-refractivity contribution in [3.05, 3.63) is 30.3 Å². The second-order valence-corrected chi connectivity index (χ2v) is 8.00. The van der Waals surface area contributed by atoms with Crippen LogP contribution in [0.25, 0.3) is 0 Å². The zero-order valence-electron chi connectivity index (χ0n) is 10.6. The van der Waals surface area contributed by atoms with E-state index < -0.39 is 0 Å². The Balaban J connectivity index is 1.83. The van der Waals surface area contributed by atoms with Gasteiger partial charge in [0, 0.05) is 10.9 Å². The van der Waals surface area contributed by atoms with Crippen LogP contribution in [0.3, 0.4) is 0 Å². The molecule has 1 aliphatic carbocycles. The molecule has 0 spiro atoms. The van der Waals surface area contributed by atoms with Crippen molar-refractivity contribution in [3.8, 4) is 0 Å². The Kier molecular flexibility index (Phi) is 3.75. The Morgan fingerprint density at radius 2 is 1.65 bits per heavy atom. The molecular formula is C16H23S+. The van der Waals surface area contributed by atoms with Gasteiger partial charge in [-0.15, -0.1) is 0 Å². The lowest BCUT2D eigenvalue weighted by atomic mass is 9.95. The van der Waals surface area contributed by atoms with Gasteiger partial charge < -0.3 is 0 Å². The summed E-state index contributed by atoms with van der Waals surface area (Å²) in [4.78, 5) is 1.64. The predicted molar refractivity (Wildman–Crippen MR) is 76.5 cm³/mol. The van der Waals surface area contributed by atoms with Crippen LogP contribution in [0.1, 0.15) is 44.9 Å². The van der Waals surface area contributed by atoms with Crippen molar-refractivity contribution in [2.75, 3.05) is 5.75 Å². The van der Waals surface area contributed by atoms with E-state index in [-0.39, 0.29) is 0 Å². The normalized spacial score (nSPS) is 33.8. The van der Waals surface area contributed by atoms with Gasteiger partial charge in [0.2, 0.25) is 0 Å². The van der Waals surface area contributed by atoms with E-state index in [0.29, 0.717) is 10.9 Å². The third kappa shape index (κ3) is 2.70. The lowest BCUT2D eigenvalue weighted by Gasteiger charge is -2.16. The van der Waals surface area contributed by atoms with Crippen molar-refractivity contribution in [1.29, 1.82) is 0 Å². The minimum Gasteiger partial charge on any atom is -0.0619 e. The van der Waals surface area contributed by atoms with Gasteiger partial charge in [-0.1, -0.05) is 31.0 Å². The molecule has 0 amide bonds. The molecule has 1 heteroatoms. The molecule has 0 aromatic heterocycles. The summed E-state index contributed by atoms with van der Waals surface area (Å²) in [7, 11) is 0.556. The topological polar surface area (TPSA) is 0 Å². The molecule has 2 bridgehead atoms. The van der Waals surface area contributed by atoms with Crippen LogP contribution in [0, 0.1) is 5.92 Å². The third-order valence-electron chi connectivity index (χ3n) is 4.41. The highest BCUT2D eigenvalue weighted by Gasteiger charge is 2.37. The Labute approximate surface area is 108 Å². The molecule has 3 unspecified atom stereocenters. The number of benzene rings is 1. The largest absolute Gasteiger partial charge is 0.155 e. The molecule has 1 aromatic carbocycles. The number of rotatable bonds is 1. The molecule has 92 valence electrons. The first-order valence-corrected chi connectivity index (χ1v) is 8.64. The third-order valence-corrected chi connectivity index (χ3v) is 7.25. The minimum atomic E-state index is 0.556. The van der Waals surface area contributed by atoms with E-state index in [0.717, 1.165) is 11.2 Å². The summed E-state index contributed by atoms with van der Waals surface area (Å²) in [6.07, 6.45) is 10.5. The second kappa shape index (κ2) is 5.48. The van der Waals surface area contributed by atoms with Gasteiger partial charge in [-0.25, -0.2) is 0 Å². The van der Waals surface area contributed by atoms with Crippen molar-refractivity contribution in [2.45, 2.75) is 55.1 Å². The first-order chi connectivity index (χ1) is 8.43. The van der Waals surface area contributed by atoms with Crippen LogP contribution < -0.4 is 0 Å². The Bertz CT molecular complexity index is 346. The van der Waals surface area contributed by atoms with Crippen molar-refractivity contribution in [1.82, 2.24) is 0 Å². The quantitative estimate of drug-likeness (QED) is 0.645. The molecule has 2 fully saturated rings. The van der Waals surface area contributed by atoms with Gasteiger partial charge in [0.1, 0.15) is 11.0 Å². The summed E-state index contributed by atoms with van der Waals surface area (Å²) in [5.41, 5.74) is 0. The monoisotopic (exact) mass is 247 g/mol. The summed E-state index contributed by atoms with van der Waals surface area (Å²) >= 11 is 0. The standard InChI is InChI=1S/C16H23S/c1-2-9-15(10-3-1)17-12-6-8-14-7-4-5-11-16(17)13-14/h1-3,9-10,14,16H,4-8,11-13H2/q+1. The molecule has 1 saturated heterocycles. The van der Waals surface area contributed by atoms with Gasteiger partial charge >= 0.3 is 0 Å². The summed E-state index contributed by atoms with van der Waals surface area (Å²) in [5.74, 6) is 2.52. The van der Waals surface area contributed by atoms with Crippen LogP contribution in [0.2, 0.25) is 0 Å². The molecule has 2 aliphatic rings. The molecular weight excluding hydrogens is 224 g/mol. The zero-order chi connectivity index (χ0) is 11.5. The van der Waals surface area contributed by atoms with Gasteiger partial charge in [0.25, 0.3) is 0 Å². The summed E-state index contributed by atoms with van der Waals surface area (Å²) < 4.78 is 0. The maximum absolute atomic E-state index is 2.37. The van der Waals surface area contributed by atoms with Gasteiger partial charge in [-0.2, -0.15) is 0 Å². The summed E-state index contributed by atoms with van der Waals surface area (Å²) in [6.45, 7) is 0. The molecule has 1 heterocycles. The maximum Gasteiger partial charge on any atom is 0.155 e. The highest BCUT2D eigenvalue weighted by molar-refractivity contribution is 7.97. The Morgan fingerprint density at radius 3 is 2.53 bits per heavy atom. The number of fused-ring (bicyclic) bond motifs is 2.